The first-order valence-electron chi connectivity index (χ1n) is 9.01. The number of ether oxygens (including phenoxy) is 1. The van der Waals surface area contributed by atoms with Gasteiger partial charge in [-0.25, -0.2) is 4.79 Å². The molecule has 1 aliphatic rings. The monoisotopic (exact) mass is 349 g/mol. The van der Waals surface area contributed by atoms with Crippen LogP contribution in [-0.4, -0.2) is 18.1 Å². The standard InChI is InChI=1S/C21H23N3O2/c1-26-15-10-11-18-17(12-15)16-8-5-9-19(20(16)23-18)24-21(25)22-13-14-6-3-2-4-7-14/h2-4,6-7,10-12,19,23H,5,8-9,13H2,1H3,(H2,22,24,25)/t19-/m1/s1. The number of aromatic amines is 1. The highest BCUT2D eigenvalue weighted by Crippen LogP contribution is 2.36. The molecule has 0 bridgehead atoms. The summed E-state index contributed by atoms with van der Waals surface area (Å²) in [5.41, 5.74) is 4.59. The van der Waals surface area contributed by atoms with Crippen LogP contribution in [0, 0.1) is 0 Å². The molecule has 3 aromatic rings. The Kier molecular flexibility index (Phi) is 4.52. The van der Waals surface area contributed by atoms with E-state index in [0.29, 0.717) is 6.54 Å². The highest BCUT2D eigenvalue weighted by molar-refractivity contribution is 5.87. The number of carbonyl (C=O) groups is 1. The zero-order valence-electron chi connectivity index (χ0n) is 14.8. The number of aryl methyl sites for hydroxylation is 1. The summed E-state index contributed by atoms with van der Waals surface area (Å²) in [4.78, 5) is 15.9. The molecule has 3 N–H and O–H groups in total. The Labute approximate surface area is 152 Å². The molecule has 1 heterocycles. The molecule has 1 atom stereocenters. The molecule has 0 unspecified atom stereocenters. The van der Waals surface area contributed by atoms with Crippen molar-refractivity contribution in [2.75, 3.05) is 7.11 Å². The summed E-state index contributed by atoms with van der Waals surface area (Å²) < 4.78 is 5.35. The van der Waals surface area contributed by atoms with Gasteiger partial charge in [0.2, 0.25) is 0 Å². The Bertz CT molecular complexity index is 918. The summed E-state index contributed by atoms with van der Waals surface area (Å²) in [7, 11) is 1.68. The van der Waals surface area contributed by atoms with E-state index in [-0.39, 0.29) is 12.1 Å². The van der Waals surface area contributed by atoms with E-state index >= 15 is 0 Å². The molecule has 0 saturated heterocycles. The van der Waals surface area contributed by atoms with Crippen molar-refractivity contribution >= 4 is 16.9 Å². The van der Waals surface area contributed by atoms with E-state index in [9.17, 15) is 4.79 Å². The van der Waals surface area contributed by atoms with Crippen molar-refractivity contribution in [1.82, 2.24) is 15.6 Å². The minimum Gasteiger partial charge on any atom is -0.497 e. The highest BCUT2D eigenvalue weighted by atomic mass is 16.5. The second-order valence-electron chi connectivity index (χ2n) is 6.69. The van der Waals surface area contributed by atoms with Crippen LogP contribution in [0.15, 0.2) is 48.5 Å². The Balaban J connectivity index is 1.49. The third kappa shape index (κ3) is 3.25. The molecule has 0 radical (unpaired) electrons. The number of benzene rings is 2. The van der Waals surface area contributed by atoms with E-state index < -0.39 is 0 Å². The fraction of sp³-hybridized carbons (Fsp3) is 0.286. The molecule has 134 valence electrons. The number of nitrogens with one attached hydrogen (secondary N) is 3. The number of methoxy groups -OCH3 is 1. The first-order valence-corrected chi connectivity index (χ1v) is 9.01. The molecule has 0 fully saturated rings. The Morgan fingerprint density at radius 3 is 2.88 bits per heavy atom. The van der Waals surface area contributed by atoms with Crippen molar-refractivity contribution in [2.24, 2.45) is 0 Å². The van der Waals surface area contributed by atoms with E-state index in [1.54, 1.807) is 7.11 Å². The number of hydrogen-bond acceptors (Lipinski definition) is 2. The molecule has 1 aliphatic carbocycles. The lowest BCUT2D eigenvalue weighted by molar-refractivity contribution is 0.235. The summed E-state index contributed by atoms with van der Waals surface area (Å²) in [5.74, 6) is 0.856. The molecular weight excluding hydrogens is 326 g/mol. The Hall–Kier alpha value is -2.95. The van der Waals surface area contributed by atoms with Gasteiger partial charge in [0.15, 0.2) is 0 Å². The van der Waals surface area contributed by atoms with Gasteiger partial charge in [0.05, 0.1) is 13.2 Å². The van der Waals surface area contributed by atoms with Gasteiger partial charge in [0.1, 0.15) is 5.75 Å². The van der Waals surface area contributed by atoms with Crippen LogP contribution in [-0.2, 0) is 13.0 Å². The van der Waals surface area contributed by atoms with Crippen molar-refractivity contribution in [1.29, 1.82) is 0 Å². The van der Waals surface area contributed by atoms with E-state index in [0.717, 1.165) is 41.8 Å². The maximum atomic E-state index is 12.4. The topological polar surface area (TPSA) is 66.1 Å². The zero-order chi connectivity index (χ0) is 17.9. The molecule has 4 rings (SSSR count). The highest BCUT2D eigenvalue weighted by Gasteiger charge is 2.25. The minimum absolute atomic E-state index is 0.00733. The predicted octanol–water partition coefficient (Wildman–Crippen LogP) is 4.05. The average molecular weight is 349 g/mol. The number of H-pyrrole nitrogens is 1. The number of rotatable bonds is 4. The van der Waals surface area contributed by atoms with Crippen LogP contribution in [0.1, 0.15) is 35.7 Å². The number of hydrogen-bond donors (Lipinski definition) is 3. The lowest BCUT2D eigenvalue weighted by Gasteiger charge is -2.24. The fourth-order valence-corrected chi connectivity index (χ4v) is 3.70. The van der Waals surface area contributed by atoms with Gasteiger partial charge in [-0.1, -0.05) is 30.3 Å². The second-order valence-corrected chi connectivity index (χ2v) is 6.69. The Morgan fingerprint density at radius 1 is 1.23 bits per heavy atom. The maximum Gasteiger partial charge on any atom is 0.315 e. The van der Waals surface area contributed by atoms with Gasteiger partial charge >= 0.3 is 6.03 Å². The third-order valence-corrected chi connectivity index (χ3v) is 5.02. The van der Waals surface area contributed by atoms with E-state index in [4.69, 9.17) is 4.74 Å². The fourth-order valence-electron chi connectivity index (χ4n) is 3.70. The molecule has 5 heteroatoms. The largest absolute Gasteiger partial charge is 0.497 e. The molecular formula is C21H23N3O2. The summed E-state index contributed by atoms with van der Waals surface area (Å²) in [6.45, 7) is 0.524. The predicted molar refractivity (Wildman–Crippen MR) is 102 cm³/mol. The van der Waals surface area contributed by atoms with Gasteiger partial charge in [0, 0.05) is 23.1 Å². The molecule has 1 aromatic heterocycles. The smallest absolute Gasteiger partial charge is 0.315 e. The van der Waals surface area contributed by atoms with Crippen molar-refractivity contribution in [3.8, 4) is 5.75 Å². The van der Waals surface area contributed by atoms with Gasteiger partial charge < -0.3 is 20.4 Å². The second kappa shape index (κ2) is 7.12. The van der Waals surface area contributed by atoms with Crippen molar-refractivity contribution < 1.29 is 9.53 Å². The lowest BCUT2D eigenvalue weighted by Crippen LogP contribution is -2.38. The van der Waals surface area contributed by atoms with E-state index in [1.807, 2.05) is 42.5 Å². The molecule has 2 aromatic carbocycles. The van der Waals surface area contributed by atoms with Gasteiger partial charge in [-0.15, -0.1) is 0 Å². The maximum absolute atomic E-state index is 12.4. The van der Waals surface area contributed by atoms with Crippen molar-refractivity contribution in [3.05, 3.63) is 65.4 Å². The van der Waals surface area contributed by atoms with Crippen molar-refractivity contribution in [2.45, 2.75) is 31.8 Å². The van der Waals surface area contributed by atoms with Crippen LogP contribution < -0.4 is 15.4 Å². The summed E-state index contributed by atoms with van der Waals surface area (Å²) >= 11 is 0. The van der Waals surface area contributed by atoms with Crippen molar-refractivity contribution in [3.63, 3.8) is 0 Å². The van der Waals surface area contributed by atoms with Crippen LogP contribution in [0.4, 0.5) is 4.79 Å². The van der Waals surface area contributed by atoms with E-state index in [2.05, 4.69) is 21.7 Å². The first kappa shape index (κ1) is 16.5. The quantitative estimate of drug-likeness (QED) is 0.665. The summed E-state index contributed by atoms with van der Waals surface area (Å²) in [6, 6.07) is 15.9. The van der Waals surface area contributed by atoms with Crippen LogP contribution >= 0.6 is 0 Å². The van der Waals surface area contributed by atoms with Crippen LogP contribution in [0.25, 0.3) is 10.9 Å². The van der Waals surface area contributed by atoms with Gasteiger partial charge in [-0.2, -0.15) is 0 Å². The summed E-state index contributed by atoms with van der Waals surface area (Å²) in [5, 5.41) is 7.26. The number of urea groups is 1. The van der Waals surface area contributed by atoms with Crippen LogP contribution in [0.5, 0.6) is 5.75 Å². The summed E-state index contributed by atoms with van der Waals surface area (Å²) in [6.07, 6.45) is 3.02. The molecule has 0 aliphatic heterocycles. The molecule has 26 heavy (non-hydrogen) atoms. The number of fused-ring (bicyclic) bond motifs is 3. The molecule has 5 nitrogen and oxygen atoms in total. The number of aromatic nitrogens is 1. The first-order chi connectivity index (χ1) is 12.7. The lowest BCUT2D eigenvalue weighted by atomic mass is 9.92. The van der Waals surface area contributed by atoms with Gasteiger partial charge in [0.25, 0.3) is 0 Å². The minimum atomic E-state index is -0.136. The normalized spacial score (nSPS) is 16.1. The zero-order valence-corrected chi connectivity index (χ0v) is 14.8. The Morgan fingerprint density at radius 2 is 2.08 bits per heavy atom. The van der Waals surface area contributed by atoms with Crippen LogP contribution in [0.3, 0.4) is 0 Å². The van der Waals surface area contributed by atoms with Gasteiger partial charge in [-0.3, -0.25) is 0 Å². The van der Waals surface area contributed by atoms with Crippen LogP contribution in [0.2, 0.25) is 0 Å². The molecule has 2 amide bonds. The number of carbonyl (C=O) groups excluding carboxylic acids is 1. The average Bonchev–Trinajstić information content (AvgIpc) is 3.06. The number of amides is 2. The third-order valence-electron chi connectivity index (χ3n) is 5.02. The molecule has 0 saturated carbocycles. The van der Waals surface area contributed by atoms with Gasteiger partial charge in [-0.05, 0) is 48.6 Å². The SMILES string of the molecule is COc1ccc2[nH]c3c(c2c1)CCC[C@H]3NC(=O)NCc1ccccc1. The van der Waals surface area contributed by atoms with E-state index in [1.165, 1.54) is 10.9 Å². The molecule has 0 spiro atoms.